The van der Waals surface area contributed by atoms with Gasteiger partial charge in [0.15, 0.2) is 15.6 Å². The van der Waals surface area contributed by atoms with Gasteiger partial charge in [-0.25, -0.2) is 8.42 Å². The van der Waals surface area contributed by atoms with Crippen LogP contribution in [0.2, 0.25) is 0 Å². The van der Waals surface area contributed by atoms with Crippen molar-refractivity contribution in [2.75, 3.05) is 18.8 Å². The van der Waals surface area contributed by atoms with Crippen LogP contribution in [-0.2, 0) is 31.6 Å². The van der Waals surface area contributed by atoms with Gasteiger partial charge in [0.05, 0.1) is 23.5 Å². The minimum atomic E-state index is -3.56. The smallest absolute Gasteiger partial charge is 0.224 e. The lowest BCUT2D eigenvalue weighted by Crippen LogP contribution is -2.45. The highest BCUT2D eigenvalue weighted by Gasteiger charge is 2.30. The van der Waals surface area contributed by atoms with E-state index in [9.17, 15) is 18.0 Å². The average Bonchev–Trinajstić information content (AvgIpc) is 3.06. The number of ketones is 1. The molecule has 0 spiro atoms. The van der Waals surface area contributed by atoms with Crippen molar-refractivity contribution in [2.45, 2.75) is 102 Å². The number of rotatable bonds is 18. The van der Waals surface area contributed by atoms with Crippen molar-refractivity contribution in [1.82, 2.24) is 10.6 Å². The van der Waals surface area contributed by atoms with Gasteiger partial charge in [-0.1, -0.05) is 99.5 Å². The zero-order chi connectivity index (χ0) is 32.8. The molecule has 46 heavy (non-hydrogen) atoms. The molecule has 1 aliphatic carbocycles. The van der Waals surface area contributed by atoms with Gasteiger partial charge >= 0.3 is 0 Å². The Bertz CT molecular complexity index is 1350. The number of nitrogen functional groups attached to an aromatic ring is 1. The number of nitrogens with one attached hydrogen (secondary N) is 3. The standard InChI is InChI=1S/C37H54N4O4S/c38-36(39)32-18-14-30(15-19-32)17-21-35(42)34(20-16-28-8-3-1-4-9-28)41-37(43)33(13-7-12-29-22-24-40-25-23-29)27-46(44,45)26-31-10-5-2-6-11-31/h2,5-6,10-11,14-15,18-19,28-29,33-34,40H,1,3-4,7-9,12-13,16-17,20-27H2,(H3,38,39)(H,41,43)/t33-,34-/m0/s1. The van der Waals surface area contributed by atoms with E-state index in [1.807, 2.05) is 30.3 Å². The van der Waals surface area contributed by atoms with Gasteiger partial charge in [0.1, 0.15) is 5.84 Å². The predicted octanol–water partition coefficient (Wildman–Crippen LogP) is 5.72. The summed E-state index contributed by atoms with van der Waals surface area (Å²) >= 11 is 0. The first-order chi connectivity index (χ1) is 22.2. The maximum atomic E-state index is 13.9. The fourth-order valence-electron chi connectivity index (χ4n) is 7.08. The molecule has 1 saturated carbocycles. The number of nitrogens with two attached hydrogens (primary N) is 1. The molecule has 1 heterocycles. The van der Waals surface area contributed by atoms with Crippen LogP contribution in [-0.4, -0.2) is 50.8 Å². The molecule has 1 amide bonds. The summed E-state index contributed by atoms with van der Waals surface area (Å²) in [6, 6.07) is 15.8. The van der Waals surface area contributed by atoms with Gasteiger partial charge in [-0.2, -0.15) is 0 Å². The summed E-state index contributed by atoms with van der Waals surface area (Å²) in [6.07, 6.45) is 12.8. The number of amides is 1. The Kier molecular flexibility index (Phi) is 14.3. The number of carbonyl (C=O) groups is 2. The van der Waals surface area contributed by atoms with E-state index in [1.54, 1.807) is 24.3 Å². The molecule has 0 aromatic heterocycles. The van der Waals surface area contributed by atoms with Crippen LogP contribution >= 0.6 is 0 Å². The largest absolute Gasteiger partial charge is 0.384 e. The number of hydrogen-bond donors (Lipinski definition) is 4. The van der Waals surface area contributed by atoms with Crippen LogP contribution < -0.4 is 16.4 Å². The van der Waals surface area contributed by atoms with Crippen molar-refractivity contribution in [2.24, 2.45) is 23.5 Å². The molecule has 2 aromatic carbocycles. The van der Waals surface area contributed by atoms with Gasteiger partial charge in [-0.15, -0.1) is 0 Å². The fourth-order valence-corrected chi connectivity index (χ4v) is 8.83. The first-order valence-electron chi connectivity index (χ1n) is 17.4. The van der Waals surface area contributed by atoms with E-state index in [-0.39, 0.29) is 35.5 Å². The number of hydrogen-bond acceptors (Lipinski definition) is 6. The molecular formula is C37H54N4O4S. The SMILES string of the molecule is N=C(N)c1ccc(CCC(=O)[C@H](CCC2CCCCC2)NC(=O)[C@@H](CCCC2CCNCC2)CS(=O)(=O)Cc2ccccc2)cc1. The molecule has 5 N–H and O–H groups in total. The van der Waals surface area contributed by atoms with Crippen LogP contribution in [0.15, 0.2) is 54.6 Å². The first kappa shape index (κ1) is 35.8. The van der Waals surface area contributed by atoms with Crippen LogP contribution in [0.4, 0.5) is 0 Å². The summed E-state index contributed by atoms with van der Waals surface area (Å²) in [7, 11) is -3.56. The van der Waals surface area contributed by atoms with E-state index in [1.165, 1.54) is 19.3 Å². The molecule has 0 radical (unpaired) electrons. The number of sulfone groups is 1. The Balaban J connectivity index is 1.44. The van der Waals surface area contributed by atoms with Crippen molar-refractivity contribution in [1.29, 1.82) is 5.41 Å². The Labute approximate surface area is 276 Å². The third kappa shape index (κ3) is 12.3. The van der Waals surface area contributed by atoms with Gasteiger partial charge in [0.2, 0.25) is 5.91 Å². The molecule has 0 unspecified atom stereocenters. The number of amidine groups is 1. The minimum Gasteiger partial charge on any atom is -0.384 e. The fraction of sp³-hybridized carbons (Fsp3) is 0.595. The molecule has 2 aromatic rings. The van der Waals surface area contributed by atoms with E-state index >= 15 is 0 Å². The second-order valence-corrected chi connectivity index (χ2v) is 15.7. The van der Waals surface area contributed by atoms with E-state index in [0.717, 1.165) is 63.6 Å². The van der Waals surface area contributed by atoms with E-state index in [4.69, 9.17) is 11.1 Å². The van der Waals surface area contributed by atoms with Crippen molar-refractivity contribution in [3.8, 4) is 0 Å². The Hall–Kier alpha value is -3.04. The van der Waals surface area contributed by atoms with E-state index in [0.29, 0.717) is 42.2 Å². The summed E-state index contributed by atoms with van der Waals surface area (Å²) < 4.78 is 26.8. The molecule has 9 heteroatoms. The molecule has 1 aliphatic heterocycles. The van der Waals surface area contributed by atoms with Crippen LogP contribution in [0.5, 0.6) is 0 Å². The minimum absolute atomic E-state index is 0.00389. The predicted molar refractivity (Wildman–Crippen MR) is 185 cm³/mol. The lowest BCUT2D eigenvalue weighted by Gasteiger charge is -2.26. The molecular weight excluding hydrogens is 596 g/mol. The van der Waals surface area contributed by atoms with E-state index in [2.05, 4.69) is 10.6 Å². The molecule has 4 rings (SSSR count). The molecule has 252 valence electrons. The number of Topliss-reactive ketones (excluding diaryl/α,β-unsaturated/α-hetero) is 1. The Morgan fingerprint density at radius 3 is 2.22 bits per heavy atom. The van der Waals surface area contributed by atoms with Gasteiger partial charge < -0.3 is 16.4 Å². The number of piperidine rings is 1. The van der Waals surface area contributed by atoms with Gasteiger partial charge in [-0.3, -0.25) is 15.0 Å². The van der Waals surface area contributed by atoms with Gasteiger partial charge in [0.25, 0.3) is 0 Å². The number of benzene rings is 2. The van der Waals surface area contributed by atoms with Crippen LogP contribution in [0.25, 0.3) is 0 Å². The second kappa shape index (κ2) is 18.3. The number of aryl methyl sites for hydroxylation is 1. The molecule has 2 aliphatic rings. The zero-order valence-electron chi connectivity index (χ0n) is 27.4. The highest BCUT2D eigenvalue weighted by Crippen LogP contribution is 2.28. The quantitative estimate of drug-likeness (QED) is 0.120. The van der Waals surface area contributed by atoms with E-state index < -0.39 is 21.8 Å². The molecule has 1 saturated heterocycles. The summed E-state index contributed by atoms with van der Waals surface area (Å²) in [5.74, 6) is -0.170. The van der Waals surface area contributed by atoms with Gasteiger partial charge in [-0.05, 0) is 74.6 Å². The highest BCUT2D eigenvalue weighted by atomic mass is 32.2. The maximum Gasteiger partial charge on any atom is 0.224 e. The Morgan fingerprint density at radius 2 is 1.54 bits per heavy atom. The summed E-state index contributed by atoms with van der Waals surface area (Å²) in [5.41, 5.74) is 7.91. The van der Waals surface area contributed by atoms with Crippen molar-refractivity contribution in [3.63, 3.8) is 0 Å². The first-order valence-corrected chi connectivity index (χ1v) is 19.2. The van der Waals surface area contributed by atoms with Gasteiger partial charge in [0, 0.05) is 12.0 Å². The molecule has 0 bridgehead atoms. The van der Waals surface area contributed by atoms with Crippen molar-refractivity contribution in [3.05, 3.63) is 71.3 Å². The zero-order valence-corrected chi connectivity index (χ0v) is 28.2. The normalized spacial score (nSPS) is 17.7. The average molecular weight is 651 g/mol. The lowest BCUT2D eigenvalue weighted by molar-refractivity contribution is -0.130. The second-order valence-electron chi connectivity index (χ2n) is 13.6. The summed E-state index contributed by atoms with van der Waals surface area (Å²) in [6.45, 7) is 2.01. The number of carbonyl (C=O) groups excluding carboxylic acids is 2. The summed E-state index contributed by atoms with van der Waals surface area (Å²) in [5, 5.41) is 14.1. The van der Waals surface area contributed by atoms with Crippen LogP contribution in [0.1, 0.15) is 100 Å². The molecule has 2 atom stereocenters. The lowest BCUT2D eigenvalue weighted by atomic mass is 9.84. The Morgan fingerprint density at radius 1 is 0.870 bits per heavy atom. The highest BCUT2D eigenvalue weighted by molar-refractivity contribution is 7.90. The van der Waals surface area contributed by atoms with Crippen LogP contribution in [0, 0.1) is 23.2 Å². The molecule has 2 fully saturated rings. The third-order valence-electron chi connectivity index (χ3n) is 9.90. The van der Waals surface area contributed by atoms with Crippen LogP contribution in [0.3, 0.4) is 0 Å². The topological polar surface area (TPSA) is 142 Å². The summed E-state index contributed by atoms with van der Waals surface area (Å²) in [4.78, 5) is 27.6. The van der Waals surface area contributed by atoms with Crippen molar-refractivity contribution < 1.29 is 18.0 Å². The van der Waals surface area contributed by atoms with Crippen molar-refractivity contribution >= 4 is 27.4 Å². The molecule has 8 nitrogen and oxygen atoms in total. The third-order valence-corrected chi connectivity index (χ3v) is 11.6. The monoisotopic (exact) mass is 650 g/mol. The maximum absolute atomic E-state index is 13.9.